The molecule has 3 rings (SSSR count). The Morgan fingerprint density at radius 1 is 1.12 bits per heavy atom. The van der Waals surface area contributed by atoms with Crippen LogP contribution in [0.5, 0.6) is 0 Å². The molecule has 2 fully saturated rings. The molecule has 0 unspecified atom stereocenters. The number of amides is 2. The van der Waals surface area contributed by atoms with Crippen LogP contribution in [-0.4, -0.2) is 58.9 Å². The van der Waals surface area contributed by atoms with Gasteiger partial charge in [0.05, 0.1) is 16.0 Å². The van der Waals surface area contributed by atoms with Crippen molar-refractivity contribution in [1.29, 1.82) is 0 Å². The number of carbonyl (C=O) groups is 3. The molecular weight excluding hydrogens is 363 g/mol. The predicted octanol–water partition coefficient (Wildman–Crippen LogP) is 2.41. The number of hydrogen-bond acceptors (Lipinski definition) is 3. The Morgan fingerprint density at radius 3 is 2.23 bits per heavy atom. The first kappa shape index (κ1) is 18.6. The molecule has 1 aromatic rings. The average Bonchev–Trinajstić information content (AvgIpc) is 2.57. The molecule has 8 heteroatoms. The van der Waals surface area contributed by atoms with Crippen molar-refractivity contribution in [3.8, 4) is 0 Å². The Labute approximate surface area is 155 Å². The number of carbonyl (C=O) groups excluding carboxylic acids is 2. The normalized spacial score (nSPS) is 19.0. The van der Waals surface area contributed by atoms with Crippen LogP contribution in [0.25, 0.3) is 0 Å². The van der Waals surface area contributed by atoms with Crippen molar-refractivity contribution in [2.24, 2.45) is 5.41 Å². The van der Waals surface area contributed by atoms with Crippen molar-refractivity contribution >= 4 is 29.4 Å². The first-order valence-electron chi connectivity index (χ1n) is 8.58. The zero-order valence-electron chi connectivity index (χ0n) is 14.2. The van der Waals surface area contributed by atoms with E-state index in [2.05, 4.69) is 0 Å². The zero-order chi connectivity index (χ0) is 18.9. The van der Waals surface area contributed by atoms with Gasteiger partial charge in [-0.25, -0.2) is 4.39 Å². The summed E-state index contributed by atoms with van der Waals surface area (Å²) in [5.74, 6) is -2.29. The van der Waals surface area contributed by atoms with Crippen molar-refractivity contribution in [3.63, 3.8) is 0 Å². The van der Waals surface area contributed by atoms with Crippen molar-refractivity contribution in [2.75, 3.05) is 26.2 Å². The van der Waals surface area contributed by atoms with Crippen molar-refractivity contribution in [1.82, 2.24) is 9.80 Å². The van der Waals surface area contributed by atoms with Gasteiger partial charge in [0, 0.05) is 32.6 Å². The molecule has 0 spiro atoms. The molecule has 6 nitrogen and oxygen atoms in total. The lowest BCUT2D eigenvalue weighted by Gasteiger charge is -2.40. The SMILES string of the molecule is O=C(CC1(C(=O)O)CCC1)N1CCN(C(=O)c2c(F)cccc2Cl)CC1. The molecule has 1 N–H and O–H groups in total. The van der Waals surface area contributed by atoms with Crippen LogP contribution >= 0.6 is 11.6 Å². The number of rotatable bonds is 4. The number of aliphatic carboxylic acids is 1. The summed E-state index contributed by atoms with van der Waals surface area (Å²) < 4.78 is 13.9. The minimum Gasteiger partial charge on any atom is -0.481 e. The molecule has 1 saturated carbocycles. The van der Waals surface area contributed by atoms with E-state index in [1.165, 1.54) is 23.1 Å². The molecule has 0 radical (unpaired) electrons. The van der Waals surface area contributed by atoms with E-state index in [0.29, 0.717) is 25.9 Å². The van der Waals surface area contributed by atoms with Gasteiger partial charge in [0.2, 0.25) is 5.91 Å². The van der Waals surface area contributed by atoms with Gasteiger partial charge in [0.1, 0.15) is 5.82 Å². The zero-order valence-corrected chi connectivity index (χ0v) is 15.0. The van der Waals surface area contributed by atoms with E-state index in [4.69, 9.17) is 11.6 Å². The van der Waals surface area contributed by atoms with Crippen LogP contribution in [0.4, 0.5) is 4.39 Å². The summed E-state index contributed by atoms with van der Waals surface area (Å²) in [5, 5.41) is 9.41. The van der Waals surface area contributed by atoms with Crippen LogP contribution in [0.2, 0.25) is 5.02 Å². The maximum atomic E-state index is 13.9. The Balaban J connectivity index is 1.60. The fourth-order valence-electron chi connectivity index (χ4n) is 3.49. The Bertz CT molecular complexity index is 722. The quantitative estimate of drug-likeness (QED) is 0.867. The Hall–Kier alpha value is -2.15. The first-order valence-corrected chi connectivity index (χ1v) is 8.96. The fourth-order valence-corrected chi connectivity index (χ4v) is 3.73. The van der Waals surface area contributed by atoms with Gasteiger partial charge in [-0.3, -0.25) is 14.4 Å². The number of halogens is 2. The molecule has 1 heterocycles. The first-order chi connectivity index (χ1) is 12.3. The van der Waals surface area contributed by atoms with Gasteiger partial charge >= 0.3 is 5.97 Å². The van der Waals surface area contributed by atoms with Crippen LogP contribution in [-0.2, 0) is 9.59 Å². The van der Waals surface area contributed by atoms with Crippen molar-refractivity contribution in [2.45, 2.75) is 25.7 Å². The molecule has 0 atom stereocenters. The van der Waals surface area contributed by atoms with E-state index >= 15 is 0 Å². The van der Waals surface area contributed by atoms with Crippen LogP contribution in [0.1, 0.15) is 36.0 Å². The maximum absolute atomic E-state index is 13.9. The molecule has 0 bridgehead atoms. The largest absolute Gasteiger partial charge is 0.481 e. The van der Waals surface area contributed by atoms with Gasteiger partial charge in [-0.05, 0) is 25.0 Å². The Kier molecular flexibility index (Phi) is 5.18. The molecular formula is C18H20ClFN2O4. The standard InChI is InChI=1S/C18H20ClFN2O4/c19-12-3-1-4-13(20)15(12)16(24)22-9-7-21(8-10-22)14(23)11-18(17(25)26)5-2-6-18/h1,3-4H,2,5-11H2,(H,25,26). The Morgan fingerprint density at radius 2 is 1.73 bits per heavy atom. The highest BCUT2D eigenvalue weighted by Gasteiger charge is 2.46. The third-order valence-electron chi connectivity index (χ3n) is 5.35. The summed E-state index contributed by atoms with van der Waals surface area (Å²) in [6.45, 7) is 1.11. The van der Waals surface area contributed by atoms with Crippen LogP contribution < -0.4 is 0 Å². The second-order valence-electron chi connectivity index (χ2n) is 6.89. The van der Waals surface area contributed by atoms with Crippen molar-refractivity contribution in [3.05, 3.63) is 34.6 Å². The monoisotopic (exact) mass is 382 g/mol. The van der Waals surface area contributed by atoms with Crippen LogP contribution in [0, 0.1) is 11.2 Å². The molecule has 1 aliphatic carbocycles. The average molecular weight is 383 g/mol. The summed E-state index contributed by atoms with van der Waals surface area (Å²) in [6.07, 6.45) is 1.87. The lowest BCUT2D eigenvalue weighted by molar-refractivity contribution is -0.159. The van der Waals surface area contributed by atoms with E-state index in [1.807, 2.05) is 0 Å². The smallest absolute Gasteiger partial charge is 0.310 e. The molecule has 1 saturated heterocycles. The minimum absolute atomic E-state index is 0.00454. The maximum Gasteiger partial charge on any atom is 0.310 e. The fraction of sp³-hybridized carbons (Fsp3) is 0.500. The van der Waals surface area contributed by atoms with Crippen molar-refractivity contribution < 1.29 is 23.9 Å². The molecule has 2 amide bonds. The lowest BCUT2D eigenvalue weighted by Crippen LogP contribution is -2.52. The minimum atomic E-state index is -0.926. The van der Waals surface area contributed by atoms with E-state index in [1.54, 1.807) is 4.90 Å². The summed E-state index contributed by atoms with van der Waals surface area (Å²) >= 11 is 5.94. The van der Waals surface area contributed by atoms with E-state index in [9.17, 15) is 23.9 Å². The number of hydrogen-bond donors (Lipinski definition) is 1. The molecule has 2 aliphatic rings. The third kappa shape index (κ3) is 3.40. The summed E-state index contributed by atoms with van der Waals surface area (Å²) in [5.41, 5.74) is -1.08. The molecule has 140 valence electrons. The molecule has 1 aliphatic heterocycles. The van der Waals surface area contributed by atoms with E-state index in [0.717, 1.165) is 6.42 Å². The van der Waals surface area contributed by atoms with Gasteiger partial charge in [-0.2, -0.15) is 0 Å². The van der Waals surface area contributed by atoms with Crippen LogP contribution in [0.3, 0.4) is 0 Å². The second-order valence-corrected chi connectivity index (χ2v) is 7.29. The lowest BCUT2D eigenvalue weighted by atomic mass is 9.66. The number of benzene rings is 1. The molecule has 0 aromatic heterocycles. The highest BCUT2D eigenvalue weighted by atomic mass is 35.5. The van der Waals surface area contributed by atoms with Gasteiger partial charge < -0.3 is 14.9 Å². The molecule has 26 heavy (non-hydrogen) atoms. The van der Waals surface area contributed by atoms with E-state index < -0.39 is 23.1 Å². The topological polar surface area (TPSA) is 77.9 Å². The number of nitrogens with zero attached hydrogens (tertiary/aromatic N) is 2. The number of piperazine rings is 1. The third-order valence-corrected chi connectivity index (χ3v) is 5.67. The van der Waals surface area contributed by atoms with Gasteiger partial charge in [0.25, 0.3) is 5.91 Å². The summed E-state index contributed by atoms with van der Waals surface area (Å²) in [7, 11) is 0. The van der Waals surface area contributed by atoms with Crippen LogP contribution in [0.15, 0.2) is 18.2 Å². The highest BCUT2D eigenvalue weighted by molar-refractivity contribution is 6.33. The predicted molar refractivity (Wildman–Crippen MR) is 92.4 cm³/mol. The number of carboxylic acids is 1. The van der Waals surface area contributed by atoms with Gasteiger partial charge in [-0.1, -0.05) is 24.1 Å². The summed E-state index contributed by atoms with van der Waals surface area (Å²) in [6, 6.07) is 4.08. The second kappa shape index (κ2) is 7.23. The van der Waals surface area contributed by atoms with Gasteiger partial charge in [-0.15, -0.1) is 0 Å². The van der Waals surface area contributed by atoms with E-state index in [-0.39, 0.29) is 36.0 Å². The van der Waals surface area contributed by atoms with Gasteiger partial charge in [0.15, 0.2) is 0 Å². The molecule has 1 aromatic carbocycles. The summed E-state index contributed by atoms with van der Waals surface area (Å²) in [4.78, 5) is 39.4. The highest BCUT2D eigenvalue weighted by Crippen LogP contribution is 2.44. The number of carboxylic acid groups (broad SMARTS) is 1.